The van der Waals surface area contributed by atoms with Gasteiger partial charge >= 0.3 is 0 Å². The summed E-state index contributed by atoms with van der Waals surface area (Å²) in [5.41, 5.74) is 0.289. The second kappa shape index (κ2) is 4.43. The number of phenols is 2. The average Bonchev–Trinajstić information content (AvgIpc) is 2.13. The van der Waals surface area contributed by atoms with Crippen LogP contribution in [-0.2, 0) is 0 Å². The number of phenolic OH excluding ortho intramolecular Hbond substituents is 2. The summed E-state index contributed by atoms with van der Waals surface area (Å²) in [6, 6.07) is 3.88. The second-order valence-corrected chi connectivity index (χ2v) is 4.25. The Labute approximate surface area is 93.9 Å². The molecule has 1 saturated carbocycles. The van der Waals surface area contributed by atoms with Crippen LogP contribution in [0.2, 0.25) is 0 Å². The molecule has 0 unspecified atom stereocenters. The molecule has 0 aromatic heterocycles. The molecular formula is C12H15NO3. The highest BCUT2D eigenvalue weighted by Crippen LogP contribution is 2.25. The van der Waals surface area contributed by atoms with E-state index in [2.05, 4.69) is 5.32 Å². The van der Waals surface area contributed by atoms with Gasteiger partial charge in [0.1, 0.15) is 11.5 Å². The van der Waals surface area contributed by atoms with Gasteiger partial charge in [0.25, 0.3) is 5.91 Å². The third kappa shape index (κ3) is 2.45. The summed E-state index contributed by atoms with van der Waals surface area (Å²) in [6.07, 6.45) is 3.59. The number of hydrogen-bond acceptors (Lipinski definition) is 3. The normalized spacial score (nSPS) is 15.5. The summed E-state index contributed by atoms with van der Waals surface area (Å²) < 4.78 is 0. The van der Waals surface area contributed by atoms with Crippen molar-refractivity contribution >= 4 is 5.91 Å². The standard InChI is InChI=1S/C12H15NO3/c14-10-4-9(5-11(15)6-10)12(16)13-7-8-2-1-3-8/h4-6,8,14-15H,1-3,7H2,(H,13,16). The Kier molecular flexibility index (Phi) is 2.99. The number of aromatic hydroxyl groups is 2. The van der Waals surface area contributed by atoms with Crippen LogP contribution in [0.3, 0.4) is 0 Å². The molecule has 0 spiro atoms. The van der Waals surface area contributed by atoms with Gasteiger partial charge < -0.3 is 15.5 Å². The molecule has 1 aromatic carbocycles. The molecule has 2 rings (SSSR count). The maximum atomic E-state index is 11.7. The van der Waals surface area contributed by atoms with Crippen molar-refractivity contribution in [3.63, 3.8) is 0 Å². The van der Waals surface area contributed by atoms with Gasteiger partial charge in [0.05, 0.1) is 0 Å². The van der Waals surface area contributed by atoms with E-state index < -0.39 is 0 Å². The van der Waals surface area contributed by atoms with Gasteiger partial charge in [0.2, 0.25) is 0 Å². The summed E-state index contributed by atoms with van der Waals surface area (Å²) in [6.45, 7) is 0.676. The van der Waals surface area contributed by atoms with Gasteiger partial charge in [0.15, 0.2) is 0 Å². The van der Waals surface area contributed by atoms with Crippen LogP contribution < -0.4 is 5.32 Å². The van der Waals surface area contributed by atoms with Gasteiger partial charge in [-0.3, -0.25) is 4.79 Å². The number of carbonyl (C=O) groups is 1. The lowest BCUT2D eigenvalue weighted by atomic mass is 9.85. The van der Waals surface area contributed by atoms with Crippen molar-refractivity contribution in [2.75, 3.05) is 6.54 Å². The molecule has 0 heterocycles. The minimum atomic E-state index is -0.252. The minimum absolute atomic E-state index is 0.103. The average molecular weight is 221 g/mol. The molecule has 4 heteroatoms. The van der Waals surface area contributed by atoms with Crippen LogP contribution in [0, 0.1) is 5.92 Å². The summed E-state index contributed by atoms with van der Waals surface area (Å²) >= 11 is 0. The van der Waals surface area contributed by atoms with Crippen molar-refractivity contribution in [3.8, 4) is 11.5 Å². The Hall–Kier alpha value is -1.71. The van der Waals surface area contributed by atoms with E-state index >= 15 is 0 Å². The van der Waals surface area contributed by atoms with Gasteiger partial charge in [-0.05, 0) is 30.9 Å². The zero-order chi connectivity index (χ0) is 11.5. The number of benzene rings is 1. The van der Waals surface area contributed by atoms with Gasteiger partial charge in [-0.1, -0.05) is 6.42 Å². The van der Waals surface area contributed by atoms with Crippen LogP contribution in [0.25, 0.3) is 0 Å². The highest BCUT2D eigenvalue weighted by molar-refractivity contribution is 5.95. The van der Waals surface area contributed by atoms with Crippen LogP contribution in [0.4, 0.5) is 0 Å². The maximum Gasteiger partial charge on any atom is 0.251 e. The Balaban J connectivity index is 1.96. The van der Waals surface area contributed by atoms with Gasteiger partial charge in [0, 0.05) is 18.2 Å². The van der Waals surface area contributed by atoms with E-state index in [0.29, 0.717) is 12.5 Å². The monoisotopic (exact) mass is 221 g/mol. The Morgan fingerprint density at radius 3 is 2.38 bits per heavy atom. The first kappa shape index (κ1) is 10.8. The number of nitrogens with one attached hydrogen (secondary N) is 1. The Morgan fingerprint density at radius 1 is 1.25 bits per heavy atom. The van der Waals surface area contributed by atoms with Crippen molar-refractivity contribution in [2.45, 2.75) is 19.3 Å². The summed E-state index contributed by atoms with van der Waals surface area (Å²) in [5, 5.41) is 21.3. The zero-order valence-corrected chi connectivity index (χ0v) is 8.94. The SMILES string of the molecule is O=C(NCC1CCC1)c1cc(O)cc(O)c1. The molecule has 3 N–H and O–H groups in total. The second-order valence-electron chi connectivity index (χ2n) is 4.25. The predicted octanol–water partition coefficient (Wildman–Crippen LogP) is 1.63. The molecule has 86 valence electrons. The smallest absolute Gasteiger partial charge is 0.251 e. The lowest BCUT2D eigenvalue weighted by molar-refractivity contribution is 0.0938. The molecule has 0 saturated heterocycles. The van der Waals surface area contributed by atoms with E-state index in [9.17, 15) is 15.0 Å². The molecule has 1 aromatic rings. The van der Waals surface area contributed by atoms with E-state index in [0.717, 1.165) is 0 Å². The molecule has 4 nitrogen and oxygen atoms in total. The first-order chi connectivity index (χ1) is 7.65. The van der Waals surface area contributed by atoms with Crippen LogP contribution in [0.5, 0.6) is 11.5 Å². The highest BCUT2D eigenvalue weighted by atomic mass is 16.3. The highest BCUT2D eigenvalue weighted by Gasteiger charge is 2.18. The molecule has 16 heavy (non-hydrogen) atoms. The van der Waals surface area contributed by atoms with E-state index in [1.807, 2.05) is 0 Å². The van der Waals surface area contributed by atoms with Crippen molar-refractivity contribution in [2.24, 2.45) is 5.92 Å². The number of amides is 1. The minimum Gasteiger partial charge on any atom is -0.508 e. The quantitative estimate of drug-likeness (QED) is 0.726. The number of rotatable bonds is 3. The maximum absolute atomic E-state index is 11.7. The fourth-order valence-electron chi connectivity index (χ4n) is 1.76. The first-order valence-electron chi connectivity index (χ1n) is 5.46. The van der Waals surface area contributed by atoms with Crippen molar-refractivity contribution < 1.29 is 15.0 Å². The zero-order valence-electron chi connectivity index (χ0n) is 8.94. The Bertz CT molecular complexity index is 379. The lowest BCUT2D eigenvalue weighted by Crippen LogP contribution is -2.32. The van der Waals surface area contributed by atoms with Crippen molar-refractivity contribution in [1.82, 2.24) is 5.32 Å². The first-order valence-corrected chi connectivity index (χ1v) is 5.46. The molecule has 0 atom stereocenters. The topological polar surface area (TPSA) is 69.6 Å². The summed E-state index contributed by atoms with van der Waals surface area (Å²) in [4.78, 5) is 11.7. The number of hydrogen-bond donors (Lipinski definition) is 3. The molecule has 1 aliphatic carbocycles. The van der Waals surface area contributed by atoms with Crippen LogP contribution in [0.15, 0.2) is 18.2 Å². The van der Waals surface area contributed by atoms with E-state index in [1.54, 1.807) is 0 Å². The van der Waals surface area contributed by atoms with Gasteiger partial charge in [-0.2, -0.15) is 0 Å². The fourth-order valence-corrected chi connectivity index (χ4v) is 1.76. The Morgan fingerprint density at radius 2 is 1.88 bits per heavy atom. The third-order valence-corrected chi connectivity index (χ3v) is 2.94. The molecular weight excluding hydrogens is 206 g/mol. The molecule has 1 aliphatic rings. The molecule has 0 aliphatic heterocycles. The van der Waals surface area contributed by atoms with E-state index in [1.165, 1.54) is 37.5 Å². The van der Waals surface area contributed by atoms with Crippen LogP contribution in [0.1, 0.15) is 29.6 Å². The third-order valence-electron chi connectivity index (χ3n) is 2.94. The largest absolute Gasteiger partial charge is 0.508 e. The summed E-state index contributed by atoms with van der Waals surface area (Å²) in [7, 11) is 0. The molecule has 1 amide bonds. The summed E-state index contributed by atoms with van der Waals surface area (Å²) in [5.74, 6) is 0.135. The van der Waals surface area contributed by atoms with Crippen molar-refractivity contribution in [3.05, 3.63) is 23.8 Å². The lowest BCUT2D eigenvalue weighted by Gasteiger charge is -2.25. The van der Waals surface area contributed by atoms with E-state index in [-0.39, 0.29) is 23.0 Å². The number of carbonyl (C=O) groups excluding carboxylic acids is 1. The predicted molar refractivity (Wildman–Crippen MR) is 59.4 cm³/mol. The van der Waals surface area contributed by atoms with Gasteiger partial charge in [-0.25, -0.2) is 0 Å². The van der Waals surface area contributed by atoms with Crippen LogP contribution in [-0.4, -0.2) is 22.7 Å². The molecule has 1 fully saturated rings. The molecule has 0 radical (unpaired) electrons. The van der Waals surface area contributed by atoms with Crippen LogP contribution >= 0.6 is 0 Å². The van der Waals surface area contributed by atoms with Crippen molar-refractivity contribution in [1.29, 1.82) is 0 Å². The van der Waals surface area contributed by atoms with E-state index in [4.69, 9.17) is 0 Å². The fraction of sp³-hybridized carbons (Fsp3) is 0.417. The van der Waals surface area contributed by atoms with Gasteiger partial charge in [-0.15, -0.1) is 0 Å². The molecule has 0 bridgehead atoms.